The Hall–Kier alpha value is -3.44. The molecule has 11 heteroatoms. The minimum Gasteiger partial charge on any atom is -0.322 e. The Balaban J connectivity index is 1.63. The molecule has 0 unspecified atom stereocenters. The summed E-state index contributed by atoms with van der Waals surface area (Å²) in [6.07, 6.45) is -1.91. The predicted octanol–water partition coefficient (Wildman–Crippen LogP) is 3.75. The van der Waals surface area contributed by atoms with Gasteiger partial charge in [-0.25, -0.2) is 17.8 Å². The smallest absolute Gasteiger partial charge is 0.322 e. The molecule has 1 aromatic heterocycles. The number of carbonyl (C=O) groups is 1. The Labute approximate surface area is 182 Å². The number of halogens is 3. The number of hydrogen-bond donors (Lipinski definition) is 2. The molecule has 32 heavy (non-hydrogen) atoms. The molecule has 0 aliphatic rings. The lowest BCUT2D eigenvalue weighted by molar-refractivity contribution is -0.141. The lowest BCUT2D eigenvalue weighted by Gasteiger charge is -2.08. The van der Waals surface area contributed by atoms with Crippen LogP contribution in [0.1, 0.15) is 21.6 Å². The molecular weight excluding hydrogens is 445 g/mol. The molecule has 0 aliphatic carbocycles. The van der Waals surface area contributed by atoms with Crippen molar-refractivity contribution in [1.82, 2.24) is 14.5 Å². The van der Waals surface area contributed by atoms with E-state index in [0.717, 1.165) is 10.7 Å². The average molecular weight is 464 g/mol. The molecular formula is C21H19F3N4O3S. The Morgan fingerprint density at radius 1 is 1.06 bits per heavy atom. The maximum absolute atomic E-state index is 12.7. The van der Waals surface area contributed by atoms with Gasteiger partial charge < -0.3 is 5.32 Å². The van der Waals surface area contributed by atoms with Crippen LogP contribution in [0.15, 0.2) is 73.4 Å². The zero-order chi connectivity index (χ0) is 23.4. The minimum atomic E-state index is -4.53. The van der Waals surface area contributed by atoms with Gasteiger partial charge in [-0.3, -0.25) is 4.79 Å². The van der Waals surface area contributed by atoms with Crippen molar-refractivity contribution < 1.29 is 26.4 Å². The number of carbonyl (C=O) groups excluding carboxylic acids is 1. The van der Waals surface area contributed by atoms with E-state index in [4.69, 9.17) is 0 Å². The molecule has 0 saturated carbocycles. The van der Waals surface area contributed by atoms with Crippen molar-refractivity contribution >= 4 is 21.6 Å². The summed E-state index contributed by atoms with van der Waals surface area (Å²) in [7, 11) is -3.49. The summed E-state index contributed by atoms with van der Waals surface area (Å²) in [6.45, 7) is 3.59. The topological polar surface area (TPSA) is 93.1 Å². The van der Waals surface area contributed by atoms with Crippen molar-refractivity contribution in [2.24, 2.45) is 0 Å². The van der Waals surface area contributed by atoms with Crippen molar-refractivity contribution in [3.8, 4) is 5.69 Å². The highest BCUT2D eigenvalue weighted by atomic mass is 32.2. The quantitative estimate of drug-likeness (QED) is 0.497. The van der Waals surface area contributed by atoms with Crippen LogP contribution < -0.4 is 10.0 Å². The number of sulfonamides is 1. The van der Waals surface area contributed by atoms with Crippen molar-refractivity contribution in [1.29, 1.82) is 0 Å². The summed E-state index contributed by atoms with van der Waals surface area (Å²) in [5, 5.41) is 6.16. The van der Waals surface area contributed by atoms with Gasteiger partial charge >= 0.3 is 6.18 Å². The van der Waals surface area contributed by atoms with Crippen molar-refractivity contribution in [2.75, 3.05) is 11.9 Å². The van der Waals surface area contributed by atoms with Gasteiger partial charge in [-0.05, 0) is 48.0 Å². The first kappa shape index (κ1) is 23.2. The van der Waals surface area contributed by atoms with Crippen molar-refractivity contribution in [2.45, 2.75) is 11.9 Å². The normalized spacial score (nSPS) is 11.8. The first-order valence-electron chi connectivity index (χ1n) is 9.29. The van der Waals surface area contributed by atoms with Gasteiger partial charge in [-0.15, -0.1) is 6.58 Å². The number of aromatic nitrogens is 2. The number of rotatable bonds is 8. The lowest BCUT2D eigenvalue weighted by Crippen LogP contribution is -2.25. The first-order valence-corrected chi connectivity index (χ1v) is 10.9. The van der Waals surface area contributed by atoms with Gasteiger partial charge in [0.25, 0.3) is 5.91 Å². The van der Waals surface area contributed by atoms with Crippen LogP contribution in [0, 0.1) is 0 Å². The van der Waals surface area contributed by atoms with Gasteiger partial charge in [-0.1, -0.05) is 18.2 Å². The Bertz CT molecular complexity index is 1200. The number of hydrogen-bond acceptors (Lipinski definition) is 4. The van der Waals surface area contributed by atoms with Crippen LogP contribution in [0.5, 0.6) is 0 Å². The first-order chi connectivity index (χ1) is 15.1. The number of benzene rings is 2. The summed E-state index contributed by atoms with van der Waals surface area (Å²) in [4.78, 5) is 12.4. The van der Waals surface area contributed by atoms with E-state index < -0.39 is 27.8 Å². The van der Waals surface area contributed by atoms with Crippen LogP contribution in [0.4, 0.5) is 18.9 Å². The molecule has 1 amide bonds. The fourth-order valence-corrected chi connectivity index (χ4v) is 3.83. The second-order valence-electron chi connectivity index (χ2n) is 6.74. The number of alkyl halides is 3. The summed E-state index contributed by atoms with van der Waals surface area (Å²) in [5.74, 6) is -0.638. The van der Waals surface area contributed by atoms with Gasteiger partial charge in [0, 0.05) is 24.0 Å². The zero-order valence-corrected chi connectivity index (χ0v) is 17.4. The van der Waals surface area contributed by atoms with E-state index in [1.165, 1.54) is 36.5 Å². The molecule has 0 fully saturated rings. The van der Waals surface area contributed by atoms with Gasteiger partial charge in [0.2, 0.25) is 10.0 Å². The van der Waals surface area contributed by atoms with E-state index in [-0.39, 0.29) is 17.9 Å². The van der Waals surface area contributed by atoms with E-state index in [2.05, 4.69) is 21.7 Å². The van der Waals surface area contributed by atoms with Crippen LogP contribution >= 0.6 is 0 Å². The van der Waals surface area contributed by atoms with Crippen LogP contribution in [-0.4, -0.2) is 30.7 Å². The number of nitrogens with zero attached hydrogens (tertiary/aromatic N) is 2. The van der Waals surface area contributed by atoms with Crippen molar-refractivity contribution in [3.05, 3.63) is 90.3 Å². The summed E-state index contributed by atoms with van der Waals surface area (Å²) in [5.41, 5.74) is 0.652. The molecule has 0 atom stereocenters. The number of nitrogens with one attached hydrogen (secondary N) is 2. The van der Waals surface area contributed by atoms with Crippen LogP contribution in [0.25, 0.3) is 5.69 Å². The maximum atomic E-state index is 12.7. The van der Waals surface area contributed by atoms with Crippen LogP contribution in [0.2, 0.25) is 0 Å². The molecule has 0 saturated heterocycles. The molecule has 0 bridgehead atoms. The van der Waals surface area contributed by atoms with E-state index in [1.807, 2.05) is 0 Å². The highest BCUT2D eigenvalue weighted by molar-refractivity contribution is 7.88. The minimum absolute atomic E-state index is 0.138. The largest absolute Gasteiger partial charge is 0.435 e. The Morgan fingerprint density at radius 2 is 1.72 bits per heavy atom. The molecule has 168 valence electrons. The fraction of sp³-hybridized carbons (Fsp3) is 0.143. The standard InChI is InChI=1S/C21H19F3N4O3S/c1-2-12-25-32(30,31)14-15-3-7-17(8-4-15)26-20(29)16-5-9-18(10-6-16)28-13-11-19(27-28)21(22,23)24/h2-11,13,25H,1,12,14H2,(H,26,29). The van der Waals surface area contributed by atoms with Gasteiger partial charge in [0.1, 0.15) is 0 Å². The SMILES string of the molecule is C=CCNS(=O)(=O)Cc1ccc(NC(=O)c2ccc(-n3ccc(C(F)(F)F)n3)cc2)cc1. The monoisotopic (exact) mass is 464 g/mol. The molecule has 0 radical (unpaired) electrons. The summed E-state index contributed by atoms with van der Waals surface area (Å²) in [6, 6.07) is 13.1. The second-order valence-corrected chi connectivity index (χ2v) is 8.54. The third-order valence-corrected chi connectivity index (χ3v) is 5.61. The lowest BCUT2D eigenvalue weighted by atomic mass is 10.1. The second kappa shape index (κ2) is 9.37. The molecule has 0 spiro atoms. The predicted molar refractivity (Wildman–Crippen MR) is 114 cm³/mol. The highest BCUT2D eigenvalue weighted by Gasteiger charge is 2.33. The van der Waals surface area contributed by atoms with Crippen molar-refractivity contribution in [3.63, 3.8) is 0 Å². The van der Waals surface area contributed by atoms with Gasteiger partial charge in [0.05, 0.1) is 11.4 Å². The summed E-state index contributed by atoms with van der Waals surface area (Å²) < 4.78 is 65.3. The van der Waals surface area contributed by atoms with Crippen LogP contribution in [0.3, 0.4) is 0 Å². The van der Waals surface area contributed by atoms with Crippen LogP contribution in [-0.2, 0) is 22.0 Å². The van der Waals surface area contributed by atoms with E-state index in [0.29, 0.717) is 16.9 Å². The third-order valence-electron chi connectivity index (χ3n) is 4.29. The van der Waals surface area contributed by atoms with E-state index in [1.54, 1.807) is 24.3 Å². The van der Waals surface area contributed by atoms with Gasteiger partial charge in [0.15, 0.2) is 5.69 Å². The number of amides is 1. The average Bonchev–Trinajstić information content (AvgIpc) is 3.24. The molecule has 7 nitrogen and oxygen atoms in total. The highest BCUT2D eigenvalue weighted by Crippen LogP contribution is 2.28. The van der Waals surface area contributed by atoms with Gasteiger partial charge in [-0.2, -0.15) is 18.3 Å². The maximum Gasteiger partial charge on any atom is 0.435 e. The summed E-state index contributed by atoms with van der Waals surface area (Å²) >= 11 is 0. The molecule has 2 N–H and O–H groups in total. The third kappa shape index (κ3) is 6.05. The molecule has 1 heterocycles. The van der Waals surface area contributed by atoms with E-state index in [9.17, 15) is 26.4 Å². The molecule has 2 aromatic carbocycles. The molecule has 0 aliphatic heterocycles. The molecule has 3 rings (SSSR count). The van der Waals surface area contributed by atoms with E-state index >= 15 is 0 Å². The Kier molecular flexibility index (Phi) is 6.80. The number of anilines is 1. The Morgan fingerprint density at radius 3 is 2.28 bits per heavy atom. The molecule has 3 aromatic rings. The fourth-order valence-electron chi connectivity index (χ4n) is 2.73. The zero-order valence-electron chi connectivity index (χ0n) is 16.6.